The fourth-order valence-corrected chi connectivity index (χ4v) is 12.6. The Bertz CT molecular complexity index is 4340. The summed E-state index contributed by atoms with van der Waals surface area (Å²) in [6, 6.07) is 15.4. The molecule has 0 spiro atoms. The summed E-state index contributed by atoms with van der Waals surface area (Å²) in [5, 5.41) is 73.2. The van der Waals surface area contributed by atoms with E-state index in [1.807, 2.05) is 50.2 Å². The molecule has 0 bridgehead atoms. The van der Waals surface area contributed by atoms with Crippen LogP contribution in [0.4, 0.5) is 4.39 Å². The molecule has 0 saturated carbocycles. The number of carbonyl (C=O) groups is 13. The Morgan fingerprint density at radius 2 is 1.32 bits per heavy atom. The van der Waals surface area contributed by atoms with Gasteiger partial charge in [0.2, 0.25) is 65.0 Å². The van der Waals surface area contributed by atoms with Crippen molar-refractivity contribution in [2.24, 2.45) is 5.73 Å². The average Bonchev–Trinajstić information content (AvgIpc) is 1.71. The quantitative estimate of drug-likeness (QED) is 0.0244. The second-order valence-electron chi connectivity index (χ2n) is 27.5. The predicted molar refractivity (Wildman–Crippen MR) is 398 cm³/mol. The molecule has 7 rings (SSSR count). The minimum Gasteiger partial charge on any atom is -0.497 e. The Morgan fingerprint density at radius 3 is 1.93 bits per heavy atom. The zero-order valence-electron chi connectivity index (χ0n) is 62.4. The number of aliphatic hydroxyl groups is 3. The topological polar surface area (TPSA) is 511 Å². The number of rotatable bonds is 40. The number of nitrogens with one attached hydrogen (secondary N) is 10. The van der Waals surface area contributed by atoms with Crippen LogP contribution in [0.1, 0.15) is 107 Å². The Balaban J connectivity index is 1.05. The van der Waals surface area contributed by atoms with Crippen LogP contribution in [-0.2, 0) is 94.4 Å². The van der Waals surface area contributed by atoms with Crippen LogP contribution in [0.5, 0.6) is 5.75 Å². The molecule has 0 unspecified atom stereocenters. The number of aliphatic hydroxyl groups excluding tert-OH is 3. The van der Waals surface area contributed by atoms with Gasteiger partial charge in [-0.05, 0) is 130 Å². The van der Waals surface area contributed by atoms with Gasteiger partial charge < -0.3 is 93.7 Å². The molecular formula is C77H95FN14O19. The van der Waals surface area contributed by atoms with Gasteiger partial charge in [-0.3, -0.25) is 67.3 Å². The number of aliphatic carboxylic acids is 2. The number of benzene rings is 4. The molecule has 11 amide bonds. The molecule has 11 atom stereocenters. The lowest BCUT2D eigenvalue weighted by molar-refractivity contribution is -0.145. The Kier molecular flexibility index (Phi) is 31.0. The fourth-order valence-electron chi connectivity index (χ4n) is 12.6. The number of carboxylic acid groups (broad SMARTS) is 2. The number of carboxylic acids is 2. The molecule has 594 valence electrons. The van der Waals surface area contributed by atoms with Gasteiger partial charge in [-0.1, -0.05) is 85.8 Å². The van der Waals surface area contributed by atoms with E-state index in [-0.39, 0.29) is 50.1 Å². The van der Waals surface area contributed by atoms with Gasteiger partial charge in [0.15, 0.2) is 0 Å². The number of hydrogen-bond donors (Lipinski definition) is 16. The van der Waals surface area contributed by atoms with Crippen LogP contribution in [0.2, 0.25) is 0 Å². The molecule has 111 heavy (non-hydrogen) atoms. The average molecular weight is 1540 g/mol. The van der Waals surface area contributed by atoms with Crippen LogP contribution in [0.15, 0.2) is 122 Å². The van der Waals surface area contributed by atoms with E-state index < -0.39 is 181 Å². The molecular weight excluding hydrogens is 1440 g/mol. The first-order valence-corrected chi connectivity index (χ1v) is 35.9. The standard InChI is InChI=1S/C77H95FN14O19/c1-8-47-34-51(111-7)24-25-53(47)48-21-18-45(19-22-48)32-58(69(104)84-57(67(79)102)33-46-20-26-55(81-37-46)52-16-11-9-14-42(52)2)85-70(105)59(35-64(100)101)86-71(106)60(40-93)87-72(107)65(43(3)94)90-74(109)76(5,36-49-15-10-12-17-54(49)78)91-73(108)66(44(4)95)89-61(96)39-82-68(103)56(27-29-63(98)99)88-75(110)77(6)30-13-31-92(77)62(97)28-23-50-38-80-41-83-50/h9-12,14-22,24-26,34,37-38,41,43-44,56-60,65-66,93-95H,8,13,23,27-33,35-36,39-40H2,1-7H3,(H2,79,102)(H,80,83)(H,82,103)(H,84,104)(H,85,105)(H,86,106)(H,87,107)(H,88,110)(H,89,96)(H,90,109)(H,91,108)(H,98,99)(H,100,101)/t43-,44-,56+,57+,58+,59+,60+,65+,66+,76-,77-/m1/s1. The van der Waals surface area contributed by atoms with E-state index in [1.165, 1.54) is 42.5 Å². The zero-order chi connectivity index (χ0) is 81.4. The lowest BCUT2D eigenvalue weighted by Gasteiger charge is -2.35. The number of aryl methyl sites for hydroxylation is 3. The van der Waals surface area contributed by atoms with Crippen molar-refractivity contribution in [3.8, 4) is 28.1 Å². The minimum absolute atomic E-state index is 0.000728. The lowest BCUT2D eigenvalue weighted by Crippen LogP contribution is -2.67. The molecule has 6 aromatic rings. The van der Waals surface area contributed by atoms with Gasteiger partial charge in [0.25, 0.3) is 0 Å². The number of H-pyrrole nitrogens is 1. The highest BCUT2D eigenvalue weighted by molar-refractivity contribution is 6.01. The maximum Gasteiger partial charge on any atom is 0.305 e. The van der Waals surface area contributed by atoms with E-state index in [0.29, 0.717) is 41.1 Å². The number of primary amides is 1. The van der Waals surface area contributed by atoms with E-state index in [1.54, 1.807) is 55.8 Å². The SMILES string of the molecule is CCc1cc(OC)ccc1-c1ccc(C[C@H](NC(=O)[C@H](CC(=O)O)NC(=O)[C@H](CO)NC(=O)[C@@H](NC(=O)[C@@](C)(Cc2ccccc2F)NC(=O)[C@@H](NC(=O)CNC(=O)[C@H](CCC(=O)O)NC(=O)[C@@]2(C)CCCN2C(=O)CCc2c[nH]cn2)[C@@H](C)O)[C@@H](C)O)C(=O)N[C@@H](Cc2ccc(-c3ccccc3C)nc2)C(N)=O)cc1. The Labute approximate surface area is 638 Å². The van der Waals surface area contributed by atoms with Crippen molar-refractivity contribution in [2.45, 2.75) is 178 Å². The van der Waals surface area contributed by atoms with Crippen LogP contribution in [-0.4, -0.2) is 215 Å². The van der Waals surface area contributed by atoms with Crippen molar-refractivity contribution in [2.75, 3.05) is 26.8 Å². The number of amides is 11. The third-order valence-electron chi connectivity index (χ3n) is 19.0. The second-order valence-corrected chi connectivity index (χ2v) is 27.5. The third-order valence-corrected chi connectivity index (χ3v) is 19.0. The van der Waals surface area contributed by atoms with Gasteiger partial charge in [0.1, 0.15) is 64.9 Å². The first kappa shape index (κ1) is 86.2. The molecule has 1 aliphatic heterocycles. The highest BCUT2D eigenvalue weighted by Crippen LogP contribution is 2.32. The van der Waals surface area contributed by atoms with Crippen molar-refractivity contribution < 1.29 is 97.0 Å². The maximum absolute atomic E-state index is 15.5. The fraction of sp³-hybridized carbons (Fsp3) is 0.416. The molecule has 1 saturated heterocycles. The first-order chi connectivity index (χ1) is 52.7. The van der Waals surface area contributed by atoms with Crippen molar-refractivity contribution in [1.29, 1.82) is 0 Å². The molecule has 1 aliphatic rings. The summed E-state index contributed by atoms with van der Waals surface area (Å²) in [6.07, 6.45) is -1.11. The van der Waals surface area contributed by atoms with Crippen LogP contribution in [0, 0.1) is 12.7 Å². The molecule has 1 fully saturated rings. The normalized spacial score (nSPS) is 16.2. The summed E-state index contributed by atoms with van der Waals surface area (Å²) >= 11 is 0. The molecule has 17 N–H and O–H groups in total. The molecule has 34 heteroatoms. The van der Waals surface area contributed by atoms with Gasteiger partial charge in [0, 0.05) is 56.6 Å². The van der Waals surface area contributed by atoms with E-state index in [2.05, 4.69) is 62.8 Å². The number of nitrogens with zero attached hydrogens (tertiary/aromatic N) is 3. The number of halogens is 1. The zero-order valence-corrected chi connectivity index (χ0v) is 62.4. The van der Waals surface area contributed by atoms with E-state index >= 15 is 4.39 Å². The molecule has 2 aromatic heterocycles. The number of imidazole rings is 1. The van der Waals surface area contributed by atoms with E-state index in [4.69, 9.17) is 10.5 Å². The van der Waals surface area contributed by atoms with Gasteiger partial charge in [0.05, 0.1) is 56.6 Å². The number of carbonyl (C=O) groups excluding carboxylic acids is 11. The summed E-state index contributed by atoms with van der Waals surface area (Å²) < 4.78 is 20.9. The lowest BCUT2D eigenvalue weighted by atomic mass is 9.90. The summed E-state index contributed by atoms with van der Waals surface area (Å²) in [5.74, 6) is -15.4. The molecule has 33 nitrogen and oxygen atoms in total. The summed E-state index contributed by atoms with van der Waals surface area (Å²) in [5.41, 5.74) is 8.36. The predicted octanol–water partition coefficient (Wildman–Crippen LogP) is 0.162. The van der Waals surface area contributed by atoms with Crippen molar-refractivity contribution in [1.82, 2.24) is 67.7 Å². The maximum atomic E-state index is 15.5. The second kappa shape index (κ2) is 39.9. The number of aromatic nitrogens is 3. The van der Waals surface area contributed by atoms with E-state index in [9.17, 15) is 87.9 Å². The molecule has 0 radical (unpaired) electrons. The summed E-state index contributed by atoms with van der Waals surface area (Å²) in [6.45, 7) is 6.45. The van der Waals surface area contributed by atoms with Crippen molar-refractivity contribution in [3.63, 3.8) is 0 Å². The highest BCUT2D eigenvalue weighted by atomic mass is 19.1. The Morgan fingerprint density at radius 1 is 0.685 bits per heavy atom. The molecule has 4 aromatic carbocycles. The van der Waals surface area contributed by atoms with E-state index in [0.717, 1.165) is 54.7 Å². The van der Waals surface area contributed by atoms with Crippen LogP contribution < -0.4 is 58.3 Å². The Hall–Kier alpha value is -12.0. The van der Waals surface area contributed by atoms with Gasteiger partial charge in [-0.2, -0.15) is 0 Å². The van der Waals surface area contributed by atoms with Gasteiger partial charge in [-0.15, -0.1) is 0 Å². The molecule has 3 heterocycles. The smallest absolute Gasteiger partial charge is 0.305 e. The molecule has 0 aliphatic carbocycles. The van der Waals surface area contributed by atoms with Crippen molar-refractivity contribution >= 4 is 76.9 Å². The highest BCUT2D eigenvalue weighted by Gasteiger charge is 2.47. The largest absolute Gasteiger partial charge is 0.497 e. The number of nitrogens with two attached hydrogens (primary N) is 1. The summed E-state index contributed by atoms with van der Waals surface area (Å²) in [7, 11) is 1.55. The number of aromatic amines is 1. The number of ether oxygens (including phenoxy) is 1. The van der Waals surface area contributed by atoms with Gasteiger partial charge in [-0.25, -0.2) is 9.37 Å². The number of hydrogen-bond acceptors (Lipinski definition) is 19. The monoisotopic (exact) mass is 1540 g/mol. The van der Waals surface area contributed by atoms with Crippen LogP contribution in [0.25, 0.3) is 22.4 Å². The first-order valence-electron chi connectivity index (χ1n) is 35.9. The third kappa shape index (κ3) is 24.0. The van der Waals surface area contributed by atoms with Crippen LogP contribution >= 0.6 is 0 Å². The number of likely N-dealkylation sites (tertiary alicyclic amines) is 1. The summed E-state index contributed by atoms with van der Waals surface area (Å²) in [4.78, 5) is 191. The van der Waals surface area contributed by atoms with Gasteiger partial charge >= 0.3 is 11.9 Å². The number of pyridine rings is 1. The van der Waals surface area contributed by atoms with Crippen LogP contribution in [0.3, 0.4) is 0 Å². The minimum atomic E-state index is -2.42. The van der Waals surface area contributed by atoms with Crippen molar-refractivity contribution in [3.05, 3.63) is 161 Å². The number of methoxy groups -OCH3 is 1.